The quantitative estimate of drug-likeness (QED) is 0.405. The summed E-state index contributed by atoms with van der Waals surface area (Å²) in [5.41, 5.74) is 2.51. The van der Waals surface area contributed by atoms with Crippen LogP contribution in [-0.4, -0.2) is 15.7 Å². The zero-order valence-corrected chi connectivity index (χ0v) is 17.3. The number of nitrogens with zero attached hydrogens (tertiary/aromatic N) is 2. The largest absolute Gasteiger partial charge is 0.489 e. The molecule has 0 radical (unpaired) electrons. The number of rotatable bonds is 7. The Morgan fingerprint density at radius 1 is 1.17 bits per heavy atom. The monoisotopic (exact) mass is 441 g/mol. The van der Waals surface area contributed by atoms with Gasteiger partial charge in [-0.05, 0) is 41.3 Å². The van der Waals surface area contributed by atoms with Crippen molar-refractivity contribution < 1.29 is 13.9 Å². The molecule has 0 atom stereocenters. The Bertz CT molecular complexity index is 1160. The normalized spacial score (nSPS) is 10.7. The predicted molar refractivity (Wildman–Crippen MR) is 116 cm³/mol. The van der Waals surface area contributed by atoms with Crippen molar-refractivity contribution >= 4 is 34.5 Å². The van der Waals surface area contributed by atoms with Crippen LogP contribution in [0.5, 0.6) is 5.75 Å². The molecule has 0 saturated carbocycles. The highest BCUT2D eigenvalue weighted by Crippen LogP contribution is 2.20. The van der Waals surface area contributed by atoms with Crippen molar-refractivity contribution in [2.45, 2.75) is 13.2 Å². The van der Waals surface area contributed by atoms with Gasteiger partial charge in [0.15, 0.2) is 0 Å². The van der Waals surface area contributed by atoms with E-state index in [2.05, 4.69) is 10.4 Å². The van der Waals surface area contributed by atoms with E-state index >= 15 is 0 Å². The van der Waals surface area contributed by atoms with Crippen LogP contribution in [-0.2, 0) is 13.2 Å². The molecule has 0 saturated heterocycles. The zero-order chi connectivity index (χ0) is 20.9. The molecule has 30 heavy (non-hydrogen) atoms. The molecule has 4 rings (SSSR count). The van der Waals surface area contributed by atoms with Gasteiger partial charge in [-0.3, -0.25) is 9.48 Å². The fraction of sp³-hybridized carbons (Fsp3) is 0.0909. The third kappa shape index (κ3) is 5.25. The van der Waals surface area contributed by atoms with Crippen LogP contribution < -0.4 is 10.1 Å². The van der Waals surface area contributed by atoms with Crippen LogP contribution in [0.2, 0.25) is 5.02 Å². The first kappa shape index (κ1) is 20.1. The first-order chi connectivity index (χ1) is 14.5. The maximum absolute atomic E-state index is 13.2. The second-order valence-electron chi connectivity index (χ2n) is 6.57. The average molecular weight is 442 g/mol. The smallest absolute Gasteiger partial charge is 0.265 e. The van der Waals surface area contributed by atoms with Crippen molar-refractivity contribution in [1.29, 1.82) is 0 Å². The summed E-state index contributed by atoms with van der Waals surface area (Å²) in [5.74, 6) is -0.127. The Labute approximate surface area is 181 Å². The van der Waals surface area contributed by atoms with Gasteiger partial charge in [0.25, 0.3) is 5.91 Å². The van der Waals surface area contributed by atoms with E-state index in [0.29, 0.717) is 27.9 Å². The number of ether oxygens (including phenoxy) is 1. The first-order valence-electron chi connectivity index (χ1n) is 9.09. The van der Waals surface area contributed by atoms with Crippen LogP contribution >= 0.6 is 22.9 Å². The summed E-state index contributed by atoms with van der Waals surface area (Å²) in [6, 6.07) is 15.2. The van der Waals surface area contributed by atoms with Crippen LogP contribution in [0, 0.1) is 5.82 Å². The molecule has 1 N–H and O–H groups in total. The summed E-state index contributed by atoms with van der Waals surface area (Å²) in [4.78, 5) is 13.1. The zero-order valence-electron chi connectivity index (χ0n) is 15.7. The van der Waals surface area contributed by atoms with Gasteiger partial charge in [-0.2, -0.15) is 5.10 Å². The molecule has 0 bridgehead atoms. The van der Waals surface area contributed by atoms with Crippen LogP contribution in [0.1, 0.15) is 20.8 Å². The minimum Gasteiger partial charge on any atom is -0.489 e. The fourth-order valence-electron chi connectivity index (χ4n) is 2.78. The number of hydrogen-bond donors (Lipinski definition) is 1. The fourth-order valence-corrected chi connectivity index (χ4v) is 3.70. The van der Waals surface area contributed by atoms with E-state index in [1.54, 1.807) is 35.3 Å². The number of anilines is 1. The maximum Gasteiger partial charge on any atom is 0.265 e. The summed E-state index contributed by atoms with van der Waals surface area (Å²) < 4.78 is 20.5. The minimum atomic E-state index is -0.352. The molecule has 4 aromatic rings. The van der Waals surface area contributed by atoms with E-state index in [0.717, 1.165) is 11.1 Å². The highest BCUT2D eigenvalue weighted by molar-refractivity contribution is 7.12. The number of hydrogen-bond acceptors (Lipinski definition) is 4. The Morgan fingerprint density at radius 2 is 2.00 bits per heavy atom. The molecule has 1 amide bonds. The van der Waals surface area contributed by atoms with E-state index < -0.39 is 0 Å². The highest BCUT2D eigenvalue weighted by Gasteiger charge is 2.11. The third-order valence-corrected chi connectivity index (χ3v) is 5.46. The van der Waals surface area contributed by atoms with Gasteiger partial charge in [0.05, 0.1) is 23.3 Å². The predicted octanol–water partition coefficient (Wildman–Crippen LogP) is 5.62. The Morgan fingerprint density at radius 3 is 2.80 bits per heavy atom. The van der Waals surface area contributed by atoms with E-state index in [4.69, 9.17) is 16.3 Å². The number of amides is 1. The van der Waals surface area contributed by atoms with E-state index in [9.17, 15) is 9.18 Å². The molecule has 0 aliphatic rings. The molecular weight excluding hydrogens is 425 g/mol. The maximum atomic E-state index is 13.2. The van der Waals surface area contributed by atoms with Crippen molar-refractivity contribution in [3.8, 4) is 5.75 Å². The van der Waals surface area contributed by atoms with Crippen LogP contribution in [0.3, 0.4) is 0 Å². The number of thiophene rings is 1. The number of benzene rings is 2. The highest BCUT2D eigenvalue weighted by atomic mass is 35.5. The van der Waals surface area contributed by atoms with Crippen molar-refractivity contribution in [2.24, 2.45) is 0 Å². The number of nitrogens with one attached hydrogen (secondary N) is 1. The van der Waals surface area contributed by atoms with Gasteiger partial charge >= 0.3 is 0 Å². The van der Waals surface area contributed by atoms with Crippen molar-refractivity contribution in [3.05, 3.63) is 99.2 Å². The first-order valence-corrected chi connectivity index (χ1v) is 10.3. The molecule has 0 aliphatic carbocycles. The Kier molecular flexibility index (Phi) is 6.11. The second-order valence-corrected chi connectivity index (χ2v) is 7.92. The number of aromatic nitrogens is 2. The summed E-state index contributed by atoms with van der Waals surface area (Å²) in [6.45, 7) is 0.833. The van der Waals surface area contributed by atoms with Gasteiger partial charge in [0.2, 0.25) is 0 Å². The molecule has 5 nitrogen and oxygen atoms in total. The number of halogens is 2. The van der Waals surface area contributed by atoms with Crippen LogP contribution in [0.25, 0.3) is 0 Å². The Balaban J connectivity index is 1.33. The standard InChI is InChI=1S/C22H17ClFN3O2S/c23-17-6-4-15(5-7-17)11-27-12-19(10-25-27)26-22(28)21-8-16(14-30-21)13-29-20-3-1-2-18(24)9-20/h1-10,12,14H,11,13H2,(H,26,28). The molecular formula is C22H17ClFN3O2S. The van der Waals surface area contributed by atoms with Crippen molar-refractivity contribution in [1.82, 2.24) is 9.78 Å². The van der Waals surface area contributed by atoms with E-state index in [1.165, 1.54) is 23.5 Å². The van der Waals surface area contributed by atoms with Crippen molar-refractivity contribution in [2.75, 3.05) is 5.32 Å². The van der Waals surface area contributed by atoms with Gasteiger partial charge in [0, 0.05) is 22.8 Å². The van der Waals surface area contributed by atoms with E-state index in [-0.39, 0.29) is 18.3 Å². The van der Waals surface area contributed by atoms with Crippen LogP contribution in [0.4, 0.5) is 10.1 Å². The number of carbonyl (C=O) groups excluding carboxylic acids is 1. The lowest BCUT2D eigenvalue weighted by molar-refractivity contribution is 0.103. The van der Waals surface area contributed by atoms with Crippen molar-refractivity contribution in [3.63, 3.8) is 0 Å². The molecule has 2 heterocycles. The second kappa shape index (κ2) is 9.11. The van der Waals surface area contributed by atoms with Gasteiger partial charge in [0.1, 0.15) is 18.2 Å². The number of carbonyl (C=O) groups is 1. The van der Waals surface area contributed by atoms with Gasteiger partial charge < -0.3 is 10.1 Å². The third-order valence-electron chi connectivity index (χ3n) is 4.23. The summed E-state index contributed by atoms with van der Waals surface area (Å²) in [5, 5.41) is 9.65. The molecule has 2 aromatic carbocycles. The molecule has 152 valence electrons. The lowest BCUT2D eigenvalue weighted by atomic mass is 10.2. The molecule has 8 heteroatoms. The molecule has 0 aliphatic heterocycles. The van der Waals surface area contributed by atoms with E-state index in [1.807, 2.05) is 29.6 Å². The lowest BCUT2D eigenvalue weighted by Gasteiger charge is -2.04. The van der Waals surface area contributed by atoms with Gasteiger partial charge in [-0.15, -0.1) is 11.3 Å². The average Bonchev–Trinajstić information content (AvgIpc) is 3.38. The molecule has 0 spiro atoms. The minimum absolute atomic E-state index is 0.219. The topological polar surface area (TPSA) is 56.2 Å². The summed E-state index contributed by atoms with van der Waals surface area (Å²) in [7, 11) is 0. The summed E-state index contributed by atoms with van der Waals surface area (Å²) >= 11 is 7.22. The van der Waals surface area contributed by atoms with Gasteiger partial charge in [-0.1, -0.05) is 29.8 Å². The van der Waals surface area contributed by atoms with Gasteiger partial charge in [-0.25, -0.2) is 4.39 Å². The summed E-state index contributed by atoms with van der Waals surface area (Å²) in [6.07, 6.45) is 3.38. The molecule has 2 aromatic heterocycles. The SMILES string of the molecule is O=C(Nc1cnn(Cc2ccc(Cl)cc2)c1)c1cc(COc2cccc(F)c2)cs1. The molecule has 0 fully saturated rings. The lowest BCUT2D eigenvalue weighted by Crippen LogP contribution is -2.09. The molecule has 0 unspecified atom stereocenters. The Hall–Kier alpha value is -3.16. The van der Waals surface area contributed by atoms with Crippen LogP contribution in [0.15, 0.2) is 72.4 Å².